The van der Waals surface area contributed by atoms with Gasteiger partial charge in [0, 0.05) is 32.7 Å². The summed E-state index contributed by atoms with van der Waals surface area (Å²) in [5.41, 5.74) is 9.74. The van der Waals surface area contributed by atoms with Crippen LogP contribution in [0.5, 0.6) is 0 Å². The average molecular weight is 512 g/mol. The Kier molecular flexibility index (Phi) is 4.89. The molecule has 40 heavy (non-hydrogen) atoms. The van der Waals surface area contributed by atoms with Gasteiger partial charge in [-0.15, -0.1) is 0 Å². The zero-order valence-electron chi connectivity index (χ0n) is 21.4. The van der Waals surface area contributed by atoms with E-state index in [1.807, 2.05) is 60.7 Å². The van der Waals surface area contributed by atoms with Crippen molar-refractivity contribution in [3.8, 4) is 39.4 Å². The number of benzene rings is 6. The fraction of sp³-hybridized carbons (Fsp3) is 0. The van der Waals surface area contributed by atoms with Crippen molar-refractivity contribution >= 4 is 43.9 Å². The number of nitriles is 1. The lowest BCUT2D eigenvalue weighted by molar-refractivity contribution is 0.668. The zero-order chi connectivity index (χ0) is 26.6. The highest BCUT2D eigenvalue weighted by atomic mass is 16.3. The number of hydrogen-bond donors (Lipinski definition) is 0. The van der Waals surface area contributed by atoms with E-state index in [4.69, 9.17) is 8.83 Å². The van der Waals surface area contributed by atoms with Crippen molar-refractivity contribution in [2.75, 3.05) is 0 Å². The quantitative estimate of drug-likeness (QED) is 0.237. The highest BCUT2D eigenvalue weighted by Gasteiger charge is 2.17. The molecule has 0 fully saturated rings. The molecule has 2 heterocycles. The van der Waals surface area contributed by atoms with E-state index in [-0.39, 0.29) is 0 Å². The van der Waals surface area contributed by atoms with Crippen LogP contribution in [0.4, 0.5) is 0 Å². The standard InChI is InChI=1S/C37H21NO2/c38-22-33-31(23-8-2-1-3-9-23)18-26(24-14-16-29-27-10-4-6-12-34(27)39-36(29)20-24)19-32(33)25-15-17-30-28-11-5-7-13-35(28)40-37(30)21-25/h1-21H. The monoisotopic (exact) mass is 511 g/mol. The van der Waals surface area contributed by atoms with Crippen LogP contribution in [0.3, 0.4) is 0 Å². The third-order valence-electron chi connectivity index (χ3n) is 7.74. The van der Waals surface area contributed by atoms with Crippen molar-refractivity contribution in [1.29, 1.82) is 5.26 Å². The van der Waals surface area contributed by atoms with Crippen LogP contribution in [0.2, 0.25) is 0 Å². The Morgan fingerprint density at radius 1 is 0.400 bits per heavy atom. The minimum absolute atomic E-state index is 0.634. The van der Waals surface area contributed by atoms with Crippen molar-refractivity contribution in [2.24, 2.45) is 0 Å². The van der Waals surface area contributed by atoms with Gasteiger partial charge < -0.3 is 8.83 Å². The summed E-state index contributed by atoms with van der Waals surface area (Å²) >= 11 is 0. The Morgan fingerprint density at radius 3 is 1.52 bits per heavy atom. The summed E-state index contributed by atoms with van der Waals surface area (Å²) in [6, 6.07) is 45.6. The van der Waals surface area contributed by atoms with Crippen molar-refractivity contribution in [1.82, 2.24) is 0 Å². The van der Waals surface area contributed by atoms with E-state index in [0.29, 0.717) is 5.56 Å². The van der Waals surface area contributed by atoms with Crippen LogP contribution in [-0.4, -0.2) is 0 Å². The van der Waals surface area contributed by atoms with Crippen LogP contribution >= 0.6 is 0 Å². The molecule has 0 spiro atoms. The Hall–Kier alpha value is -5.59. The van der Waals surface area contributed by atoms with E-state index in [1.165, 1.54) is 0 Å². The summed E-state index contributed by atoms with van der Waals surface area (Å²) in [6.45, 7) is 0. The van der Waals surface area contributed by atoms with Crippen molar-refractivity contribution < 1.29 is 8.83 Å². The van der Waals surface area contributed by atoms with Crippen LogP contribution in [0.25, 0.3) is 77.3 Å². The first-order valence-electron chi connectivity index (χ1n) is 13.2. The summed E-state index contributed by atoms with van der Waals surface area (Å²) in [6.07, 6.45) is 0. The first-order chi connectivity index (χ1) is 19.8. The predicted molar refractivity (Wildman–Crippen MR) is 162 cm³/mol. The summed E-state index contributed by atoms with van der Waals surface area (Å²) in [4.78, 5) is 0. The van der Waals surface area contributed by atoms with Crippen LogP contribution in [0.1, 0.15) is 5.56 Å². The molecule has 0 aliphatic rings. The highest BCUT2D eigenvalue weighted by Crippen LogP contribution is 2.40. The van der Waals surface area contributed by atoms with Crippen LogP contribution in [-0.2, 0) is 0 Å². The van der Waals surface area contributed by atoms with E-state index in [9.17, 15) is 5.26 Å². The lowest BCUT2D eigenvalue weighted by atomic mass is 9.88. The van der Waals surface area contributed by atoms with Crippen molar-refractivity contribution in [3.63, 3.8) is 0 Å². The molecule has 2 aromatic heterocycles. The maximum absolute atomic E-state index is 10.4. The molecule has 0 saturated carbocycles. The van der Waals surface area contributed by atoms with E-state index in [1.54, 1.807) is 0 Å². The summed E-state index contributed by atoms with van der Waals surface area (Å²) in [5, 5.41) is 14.8. The molecule has 0 radical (unpaired) electrons. The molecule has 6 aromatic carbocycles. The van der Waals surface area contributed by atoms with E-state index in [2.05, 4.69) is 72.8 Å². The highest BCUT2D eigenvalue weighted by molar-refractivity contribution is 6.07. The van der Waals surface area contributed by atoms with Gasteiger partial charge in [-0.2, -0.15) is 5.26 Å². The summed E-state index contributed by atoms with van der Waals surface area (Å²) in [7, 11) is 0. The zero-order valence-corrected chi connectivity index (χ0v) is 21.4. The number of para-hydroxylation sites is 2. The second-order valence-corrected chi connectivity index (χ2v) is 10.0. The molecule has 186 valence electrons. The Morgan fingerprint density at radius 2 is 0.900 bits per heavy atom. The third kappa shape index (κ3) is 3.44. The van der Waals surface area contributed by atoms with Crippen LogP contribution in [0.15, 0.2) is 136 Å². The van der Waals surface area contributed by atoms with Crippen molar-refractivity contribution in [2.45, 2.75) is 0 Å². The smallest absolute Gasteiger partial charge is 0.136 e. The largest absolute Gasteiger partial charge is 0.456 e. The van der Waals surface area contributed by atoms with Gasteiger partial charge in [-0.05, 0) is 70.8 Å². The normalized spacial score (nSPS) is 11.5. The van der Waals surface area contributed by atoms with E-state index >= 15 is 0 Å². The van der Waals surface area contributed by atoms with Gasteiger partial charge in [0.05, 0.1) is 5.56 Å². The Bertz CT molecular complexity index is 2280. The van der Waals surface area contributed by atoms with Gasteiger partial charge in [0.2, 0.25) is 0 Å². The average Bonchev–Trinajstić information content (AvgIpc) is 3.58. The lowest BCUT2D eigenvalue weighted by Gasteiger charge is -2.14. The van der Waals surface area contributed by atoms with E-state index < -0.39 is 0 Å². The third-order valence-corrected chi connectivity index (χ3v) is 7.74. The fourth-order valence-corrected chi connectivity index (χ4v) is 5.80. The molecular formula is C37H21NO2. The van der Waals surface area contributed by atoms with Crippen LogP contribution < -0.4 is 0 Å². The van der Waals surface area contributed by atoms with Gasteiger partial charge >= 0.3 is 0 Å². The molecule has 0 aliphatic heterocycles. The lowest BCUT2D eigenvalue weighted by Crippen LogP contribution is -1.93. The molecular weight excluding hydrogens is 490 g/mol. The molecule has 0 atom stereocenters. The molecule has 8 rings (SSSR count). The topological polar surface area (TPSA) is 50.1 Å². The summed E-state index contributed by atoms with van der Waals surface area (Å²) in [5.74, 6) is 0. The maximum Gasteiger partial charge on any atom is 0.136 e. The summed E-state index contributed by atoms with van der Waals surface area (Å²) < 4.78 is 12.4. The molecule has 3 nitrogen and oxygen atoms in total. The number of hydrogen-bond acceptors (Lipinski definition) is 3. The fourth-order valence-electron chi connectivity index (χ4n) is 5.80. The Balaban J connectivity index is 1.38. The minimum atomic E-state index is 0.634. The van der Waals surface area contributed by atoms with Gasteiger partial charge in [-0.1, -0.05) is 78.9 Å². The Labute approximate surface area is 230 Å². The SMILES string of the molecule is N#Cc1c(-c2ccccc2)cc(-c2ccc3c(c2)oc2ccccc23)cc1-c1ccc2c(c1)oc1ccccc12. The number of fused-ring (bicyclic) bond motifs is 6. The van der Waals surface area contributed by atoms with Gasteiger partial charge in [0.1, 0.15) is 28.4 Å². The molecule has 0 unspecified atom stereocenters. The molecule has 0 bridgehead atoms. The van der Waals surface area contributed by atoms with Crippen molar-refractivity contribution in [3.05, 3.63) is 133 Å². The molecule has 3 heteroatoms. The van der Waals surface area contributed by atoms with Gasteiger partial charge in [0.25, 0.3) is 0 Å². The first kappa shape index (κ1) is 22.4. The second-order valence-electron chi connectivity index (χ2n) is 10.0. The van der Waals surface area contributed by atoms with Gasteiger partial charge in [-0.25, -0.2) is 0 Å². The van der Waals surface area contributed by atoms with Crippen LogP contribution in [0, 0.1) is 11.3 Å². The molecule has 0 amide bonds. The van der Waals surface area contributed by atoms with E-state index in [0.717, 1.165) is 77.3 Å². The second kappa shape index (κ2) is 8.73. The molecule has 0 N–H and O–H groups in total. The predicted octanol–water partition coefficient (Wildman–Crippen LogP) is 10.4. The number of furan rings is 2. The van der Waals surface area contributed by atoms with Gasteiger partial charge in [-0.3, -0.25) is 0 Å². The molecule has 8 aromatic rings. The molecule has 0 aliphatic carbocycles. The number of nitrogens with zero attached hydrogens (tertiary/aromatic N) is 1. The minimum Gasteiger partial charge on any atom is -0.456 e. The maximum atomic E-state index is 10.4. The van der Waals surface area contributed by atoms with Gasteiger partial charge in [0.15, 0.2) is 0 Å². The first-order valence-corrected chi connectivity index (χ1v) is 13.2. The number of rotatable bonds is 3. The molecule has 0 saturated heterocycles.